The number of aryl methyl sites for hydroxylation is 1. The van der Waals surface area contributed by atoms with Crippen LogP contribution in [-0.4, -0.2) is 20.5 Å². The third-order valence-corrected chi connectivity index (χ3v) is 4.80. The zero-order valence-electron chi connectivity index (χ0n) is 9.85. The van der Waals surface area contributed by atoms with Gasteiger partial charge in [-0.2, -0.15) is 0 Å². The molecule has 1 aliphatic carbocycles. The van der Waals surface area contributed by atoms with Gasteiger partial charge in [-0.15, -0.1) is 16.8 Å². The molecular weight excluding hydrogens is 218 g/mol. The zero-order valence-corrected chi connectivity index (χ0v) is 10.7. The topological polar surface area (TPSA) is 30.7 Å². The number of hydrogen-bond donors (Lipinski definition) is 0. The van der Waals surface area contributed by atoms with Gasteiger partial charge >= 0.3 is 0 Å². The molecule has 0 spiro atoms. The zero-order chi connectivity index (χ0) is 11.4. The van der Waals surface area contributed by atoms with Crippen LogP contribution in [0.15, 0.2) is 24.1 Å². The number of rotatable bonds is 5. The maximum atomic E-state index is 4.12. The number of allylic oxidation sites excluding steroid dienone is 1. The summed E-state index contributed by atoms with van der Waals surface area (Å²) in [5.41, 5.74) is 0.471. The average molecular weight is 237 g/mol. The molecule has 0 atom stereocenters. The van der Waals surface area contributed by atoms with E-state index in [0.717, 1.165) is 17.3 Å². The van der Waals surface area contributed by atoms with Crippen molar-refractivity contribution < 1.29 is 0 Å². The van der Waals surface area contributed by atoms with E-state index in [1.54, 1.807) is 6.33 Å². The standard InChI is InChI=1S/C12H19N3S/c1-3-6-12(7-4-5-8-12)9-16-11-14-13-10-15(11)2/h3,10H,1,4-9H2,2H3. The molecule has 1 fully saturated rings. The molecule has 3 nitrogen and oxygen atoms in total. The summed E-state index contributed by atoms with van der Waals surface area (Å²) in [7, 11) is 2.00. The molecule has 0 saturated heterocycles. The minimum atomic E-state index is 0.471. The highest BCUT2D eigenvalue weighted by molar-refractivity contribution is 7.99. The lowest BCUT2D eigenvalue weighted by Gasteiger charge is -2.26. The van der Waals surface area contributed by atoms with Gasteiger partial charge in [0.15, 0.2) is 5.16 Å². The van der Waals surface area contributed by atoms with Crippen LogP contribution in [0.1, 0.15) is 32.1 Å². The minimum absolute atomic E-state index is 0.471. The number of thioether (sulfide) groups is 1. The molecule has 1 saturated carbocycles. The Morgan fingerprint density at radius 3 is 2.88 bits per heavy atom. The molecule has 4 heteroatoms. The quantitative estimate of drug-likeness (QED) is 0.582. The Morgan fingerprint density at radius 1 is 1.56 bits per heavy atom. The Kier molecular flexibility index (Phi) is 3.69. The van der Waals surface area contributed by atoms with Gasteiger partial charge in [0.2, 0.25) is 0 Å². The molecular formula is C12H19N3S. The van der Waals surface area contributed by atoms with Crippen molar-refractivity contribution in [2.24, 2.45) is 12.5 Å². The van der Waals surface area contributed by atoms with Crippen molar-refractivity contribution >= 4 is 11.8 Å². The summed E-state index contributed by atoms with van der Waals surface area (Å²) < 4.78 is 1.99. The molecule has 0 unspecified atom stereocenters. The van der Waals surface area contributed by atoms with E-state index in [9.17, 15) is 0 Å². The molecule has 1 aromatic heterocycles. The van der Waals surface area contributed by atoms with Crippen molar-refractivity contribution in [1.82, 2.24) is 14.8 Å². The summed E-state index contributed by atoms with van der Waals surface area (Å²) >= 11 is 1.83. The second kappa shape index (κ2) is 5.04. The van der Waals surface area contributed by atoms with Crippen molar-refractivity contribution in [3.63, 3.8) is 0 Å². The fourth-order valence-electron chi connectivity index (χ4n) is 2.46. The smallest absolute Gasteiger partial charge is 0.190 e. The van der Waals surface area contributed by atoms with E-state index in [1.165, 1.54) is 25.7 Å². The first-order chi connectivity index (χ1) is 7.76. The van der Waals surface area contributed by atoms with Gasteiger partial charge in [0.1, 0.15) is 6.33 Å². The third-order valence-electron chi connectivity index (χ3n) is 3.42. The Morgan fingerprint density at radius 2 is 2.31 bits per heavy atom. The second-order valence-electron chi connectivity index (χ2n) is 4.71. The van der Waals surface area contributed by atoms with Crippen molar-refractivity contribution in [2.45, 2.75) is 37.3 Å². The molecule has 16 heavy (non-hydrogen) atoms. The summed E-state index contributed by atoms with van der Waals surface area (Å²) in [5, 5.41) is 9.05. The summed E-state index contributed by atoms with van der Waals surface area (Å²) in [5.74, 6) is 1.14. The third kappa shape index (κ3) is 2.48. The van der Waals surface area contributed by atoms with E-state index in [0.29, 0.717) is 5.41 Å². The lowest BCUT2D eigenvalue weighted by Crippen LogP contribution is -2.18. The maximum absolute atomic E-state index is 4.12. The first-order valence-electron chi connectivity index (χ1n) is 5.83. The van der Waals surface area contributed by atoms with Crippen LogP contribution in [-0.2, 0) is 7.05 Å². The normalized spacial score (nSPS) is 18.8. The highest BCUT2D eigenvalue weighted by atomic mass is 32.2. The van der Waals surface area contributed by atoms with Gasteiger partial charge in [-0.3, -0.25) is 0 Å². The van der Waals surface area contributed by atoms with Crippen molar-refractivity contribution in [1.29, 1.82) is 0 Å². The van der Waals surface area contributed by atoms with Gasteiger partial charge in [0.05, 0.1) is 0 Å². The van der Waals surface area contributed by atoms with E-state index >= 15 is 0 Å². The Hall–Kier alpha value is -0.770. The fourth-order valence-corrected chi connectivity index (χ4v) is 3.66. The summed E-state index contributed by atoms with van der Waals surface area (Å²) in [4.78, 5) is 0. The van der Waals surface area contributed by atoms with Crippen LogP contribution < -0.4 is 0 Å². The van der Waals surface area contributed by atoms with E-state index < -0.39 is 0 Å². The van der Waals surface area contributed by atoms with Crippen molar-refractivity contribution in [3.05, 3.63) is 19.0 Å². The summed E-state index contributed by atoms with van der Waals surface area (Å²) in [6.07, 6.45) is 10.4. The van der Waals surface area contributed by atoms with E-state index in [2.05, 4.69) is 22.9 Å². The molecule has 1 aliphatic rings. The highest BCUT2D eigenvalue weighted by Crippen LogP contribution is 2.44. The average Bonchev–Trinajstić information content (AvgIpc) is 2.86. The fraction of sp³-hybridized carbons (Fsp3) is 0.667. The van der Waals surface area contributed by atoms with Crippen LogP contribution in [0.5, 0.6) is 0 Å². The maximum Gasteiger partial charge on any atom is 0.190 e. The number of nitrogens with zero attached hydrogens (tertiary/aromatic N) is 3. The molecule has 88 valence electrons. The molecule has 1 heterocycles. The van der Waals surface area contributed by atoms with Gasteiger partial charge in [-0.25, -0.2) is 0 Å². The predicted octanol–water partition coefficient (Wildman–Crippen LogP) is 3.04. The van der Waals surface area contributed by atoms with E-state index in [4.69, 9.17) is 0 Å². The van der Waals surface area contributed by atoms with E-state index in [-0.39, 0.29) is 0 Å². The number of hydrogen-bond acceptors (Lipinski definition) is 3. The van der Waals surface area contributed by atoms with Crippen LogP contribution in [0, 0.1) is 5.41 Å². The molecule has 0 bridgehead atoms. The van der Waals surface area contributed by atoms with Crippen LogP contribution in [0.3, 0.4) is 0 Å². The lowest BCUT2D eigenvalue weighted by atomic mass is 9.85. The molecule has 0 aliphatic heterocycles. The van der Waals surface area contributed by atoms with Crippen molar-refractivity contribution in [3.8, 4) is 0 Å². The summed E-state index contributed by atoms with van der Waals surface area (Å²) in [6, 6.07) is 0. The van der Waals surface area contributed by atoms with Crippen LogP contribution in [0.2, 0.25) is 0 Å². The molecule has 0 aromatic carbocycles. The predicted molar refractivity (Wildman–Crippen MR) is 67.4 cm³/mol. The largest absolute Gasteiger partial charge is 0.312 e. The van der Waals surface area contributed by atoms with Gasteiger partial charge in [0, 0.05) is 12.8 Å². The first-order valence-corrected chi connectivity index (χ1v) is 6.82. The van der Waals surface area contributed by atoms with Crippen molar-refractivity contribution in [2.75, 3.05) is 5.75 Å². The highest BCUT2D eigenvalue weighted by Gasteiger charge is 2.32. The van der Waals surface area contributed by atoms with Crippen LogP contribution in [0.4, 0.5) is 0 Å². The van der Waals surface area contributed by atoms with Crippen LogP contribution in [0.25, 0.3) is 0 Å². The van der Waals surface area contributed by atoms with Gasteiger partial charge < -0.3 is 4.57 Å². The van der Waals surface area contributed by atoms with Crippen LogP contribution >= 0.6 is 11.8 Å². The van der Waals surface area contributed by atoms with Gasteiger partial charge in [0.25, 0.3) is 0 Å². The first kappa shape index (κ1) is 11.7. The number of aromatic nitrogens is 3. The summed E-state index contributed by atoms with van der Waals surface area (Å²) in [6.45, 7) is 3.89. The second-order valence-corrected chi connectivity index (χ2v) is 5.66. The molecule has 0 amide bonds. The Labute approximate surface area is 101 Å². The SMILES string of the molecule is C=CCC1(CSc2nncn2C)CCCC1. The molecule has 1 aromatic rings. The lowest BCUT2D eigenvalue weighted by molar-refractivity contribution is 0.351. The van der Waals surface area contributed by atoms with Gasteiger partial charge in [-0.05, 0) is 24.7 Å². The van der Waals surface area contributed by atoms with E-state index in [1.807, 2.05) is 23.4 Å². The Bertz CT molecular complexity index is 353. The minimum Gasteiger partial charge on any atom is -0.312 e. The molecule has 0 N–H and O–H groups in total. The monoisotopic (exact) mass is 237 g/mol. The molecule has 0 radical (unpaired) electrons. The Balaban J connectivity index is 1.96. The molecule has 2 rings (SSSR count). The van der Waals surface area contributed by atoms with Gasteiger partial charge in [-0.1, -0.05) is 30.7 Å².